The van der Waals surface area contributed by atoms with Crippen LogP contribution in [0.1, 0.15) is 41.0 Å². The first-order valence-corrected chi connectivity index (χ1v) is 7.20. The average Bonchev–Trinajstić information content (AvgIpc) is 2.16. The number of ether oxygens (including phenoxy) is 1. The van der Waals surface area contributed by atoms with Gasteiger partial charge in [0, 0.05) is 31.7 Å². The summed E-state index contributed by atoms with van der Waals surface area (Å²) in [5.41, 5.74) is -0.442. The first-order chi connectivity index (χ1) is 8.76. The van der Waals surface area contributed by atoms with Gasteiger partial charge in [0.25, 0.3) is 0 Å². The maximum atomic E-state index is 11.6. The van der Waals surface area contributed by atoms with Crippen LogP contribution in [0.2, 0.25) is 0 Å². The van der Waals surface area contributed by atoms with Crippen molar-refractivity contribution in [3.63, 3.8) is 0 Å². The third-order valence-electron chi connectivity index (χ3n) is 2.90. The predicted molar refractivity (Wildman–Crippen MR) is 77.3 cm³/mol. The number of carbonyl (C=O) groups excluding carboxylic acids is 1. The summed E-state index contributed by atoms with van der Waals surface area (Å²) < 4.78 is 5.25. The second-order valence-corrected chi connectivity index (χ2v) is 6.73. The van der Waals surface area contributed by atoms with Gasteiger partial charge in [0.15, 0.2) is 0 Å². The maximum Gasteiger partial charge on any atom is 0.407 e. The van der Waals surface area contributed by atoms with Crippen LogP contribution in [0.5, 0.6) is 0 Å². The molecule has 0 bridgehead atoms. The zero-order chi connectivity index (χ0) is 14.5. The van der Waals surface area contributed by atoms with E-state index in [1.54, 1.807) is 0 Å². The number of hydrogen-bond acceptors (Lipinski definition) is 4. The summed E-state index contributed by atoms with van der Waals surface area (Å²) in [7, 11) is 0. The topological polar surface area (TPSA) is 62.4 Å². The first-order valence-electron chi connectivity index (χ1n) is 7.20. The maximum absolute atomic E-state index is 11.6. The fourth-order valence-electron chi connectivity index (χ4n) is 2.04. The Balaban J connectivity index is 2.32. The summed E-state index contributed by atoms with van der Waals surface area (Å²) in [6.07, 6.45) is 0.710. The van der Waals surface area contributed by atoms with E-state index in [4.69, 9.17) is 4.74 Å². The molecule has 1 unspecified atom stereocenters. The highest BCUT2D eigenvalue weighted by molar-refractivity contribution is 5.67. The predicted octanol–water partition coefficient (Wildman–Crippen LogP) is 1.49. The molecule has 112 valence electrons. The molecule has 1 aliphatic heterocycles. The Kier molecular flexibility index (Phi) is 6.07. The Hall–Kier alpha value is -0.810. The molecule has 1 heterocycles. The third kappa shape index (κ3) is 7.38. The van der Waals surface area contributed by atoms with Crippen molar-refractivity contribution in [2.45, 2.75) is 58.7 Å². The normalized spacial score (nSPS) is 18.0. The number of nitrogens with one attached hydrogen (secondary N) is 3. The van der Waals surface area contributed by atoms with Crippen molar-refractivity contribution in [1.82, 2.24) is 16.0 Å². The van der Waals surface area contributed by atoms with Crippen LogP contribution in [0, 0.1) is 5.92 Å². The molecule has 0 spiro atoms. The lowest BCUT2D eigenvalue weighted by Gasteiger charge is -2.33. The summed E-state index contributed by atoms with van der Waals surface area (Å²) >= 11 is 0. The van der Waals surface area contributed by atoms with E-state index in [1.807, 2.05) is 20.8 Å². The van der Waals surface area contributed by atoms with Crippen molar-refractivity contribution in [2.75, 3.05) is 19.6 Å². The molecule has 1 rings (SSSR count). The third-order valence-corrected chi connectivity index (χ3v) is 2.90. The largest absolute Gasteiger partial charge is 0.444 e. The quantitative estimate of drug-likeness (QED) is 0.685. The van der Waals surface area contributed by atoms with Crippen LogP contribution in [0.15, 0.2) is 0 Å². The molecule has 1 fully saturated rings. The fraction of sp³-hybridized carbons (Fsp3) is 0.929. The van der Waals surface area contributed by atoms with E-state index in [9.17, 15) is 4.79 Å². The number of alkyl carbamates (subject to hydrolysis) is 1. The van der Waals surface area contributed by atoms with Crippen LogP contribution in [-0.4, -0.2) is 43.4 Å². The molecule has 1 amide bonds. The zero-order valence-electron chi connectivity index (χ0n) is 12.9. The Morgan fingerprint density at radius 3 is 2.42 bits per heavy atom. The van der Waals surface area contributed by atoms with Gasteiger partial charge in [-0.25, -0.2) is 4.79 Å². The van der Waals surface area contributed by atoms with Gasteiger partial charge in [0.05, 0.1) is 0 Å². The zero-order valence-corrected chi connectivity index (χ0v) is 12.9. The van der Waals surface area contributed by atoms with Crippen molar-refractivity contribution in [2.24, 2.45) is 5.92 Å². The molecule has 0 aromatic carbocycles. The van der Waals surface area contributed by atoms with Gasteiger partial charge in [-0.2, -0.15) is 0 Å². The summed E-state index contributed by atoms with van der Waals surface area (Å²) in [6, 6.07) is 0.837. The number of hydrogen-bond donors (Lipinski definition) is 3. The summed E-state index contributed by atoms with van der Waals surface area (Å²) in [6.45, 7) is 12.7. The van der Waals surface area contributed by atoms with Gasteiger partial charge in [-0.15, -0.1) is 0 Å². The monoisotopic (exact) mass is 271 g/mol. The summed E-state index contributed by atoms with van der Waals surface area (Å²) in [5.74, 6) is 0.603. The number of rotatable bonds is 6. The minimum atomic E-state index is -0.442. The minimum absolute atomic E-state index is 0.305. The lowest BCUT2D eigenvalue weighted by atomic mass is 10.0. The van der Waals surface area contributed by atoms with Gasteiger partial charge in [-0.3, -0.25) is 0 Å². The van der Waals surface area contributed by atoms with Crippen LogP contribution in [0.3, 0.4) is 0 Å². The van der Waals surface area contributed by atoms with E-state index in [-0.39, 0.29) is 6.09 Å². The van der Waals surface area contributed by atoms with Crippen LogP contribution in [0.4, 0.5) is 4.79 Å². The van der Waals surface area contributed by atoms with Gasteiger partial charge in [-0.05, 0) is 33.1 Å². The lowest BCUT2D eigenvalue weighted by molar-refractivity contribution is 0.0519. The van der Waals surface area contributed by atoms with Crippen molar-refractivity contribution >= 4 is 6.09 Å². The molecule has 1 aliphatic rings. The molecule has 0 saturated carbocycles. The molecule has 1 saturated heterocycles. The molecular weight excluding hydrogens is 242 g/mol. The average molecular weight is 271 g/mol. The highest BCUT2D eigenvalue weighted by Crippen LogP contribution is 2.08. The molecule has 19 heavy (non-hydrogen) atoms. The van der Waals surface area contributed by atoms with Crippen molar-refractivity contribution in [3.8, 4) is 0 Å². The highest BCUT2D eigenvalue weighted by atomic mass is 16.6. The molecule has 0 radical (unpaired) electrons. The summed E-state index contributed by atoms with van der Waals surface area (Å²) in [5, 5.41) is 9.67. The Bertz CT molecular complexity index is 283. The van der Waals surface area contributed by atoms with Crippen molar-refractivity contribution in [3.05, 3.63) is 0 Å². The van der Waals surface area contributed by atoms with Gasteiger partial charge >= 0.3 is 6.09 Å². The van der Waals surface area contributed by atoms with E-state index >= 15 is 0 Å². The van der Waals surface area contributed by atoms with E-state index in [1.165, 1.54) is 0 Å². The van der Waals surface area contributed by atoms with E-state index < -0.39 is 5.60 Å². The van der Waals surface area contributed by atoms with Crippen molar-refractivity contribution in [1.29, 1.82) is 0 Å². The van der Waals surface area contributed by atoms with Crippen molar-refractivity contribution < 1.29 is 9.53 Å². The molecule has 1 atom stereocenters. The van der Waals surface area contributed by atoms with Crippen LogP contribution >= 0.6 is 0 Å². The fourth-order valence-corrected chi connectivity index (χ4v) is 2.04. The summed E-state index contributed by atoms with van der Waals surface area (Å²) in [4.78, 5) is 11.6. The smallest absolute Gasteiger partial charge is 0.407 e. The Morgan fingerprint density at radius 2 is 2.00 bits per heavy atom. The van der Waals surface area contributed by atoms with Gasteiger partial charge < -0.3 is 20.7 Å². The molecule has 5 nitrogen and oxygen atoms in total. The van der Waals surface area contributed by atoms with Gasteiger partial charge in [-0.1, -0.05) is 13.8 Å². The minimum Gasteiger partial charge on any atom is -0.444 e. The second-order valence-electron chi connectivity index (χ2n) is 6.73. The highest BCUT2D eigenvalue weighted by Gasteiger charge is 2.22. The molecule has 0 aromatic heterocycles. The molecule has 0 aliphatic carbocycles. The standard InChI is InChI=1S/C14H29N3O2/c1-10(2)6-11(17-12-7-15-8-12)9-16-13(18)19-14(3,4)5/h10-12,15,17H,6-9H2,1-5H3,(H,16,18). The van der Waals surface area contributed by atoms with Gasteiger partial charge in [0.2, 0.25) is 0 Å². The van der Waals surface area contributed by atoms with Crippen LogP contribution in [0.25, 0.3) is 0 Å². The first kappa shape index (κ1) is 16.2. The molecule has 0 aromatic rings. The number of carbonyl (C=O) groups is 1. The number of amides is 1. The van der Waals surface area contributed by atoms with E-state index in [0.29, 0.717) is 24.5 Å². The SMILES string of the molecule is CC(C)CC(CNC(=O)OC(C)(C)C)NC1CNC1. The van der Waals surface area contributed by atoms with E-state index in [0.717, 1.165) is 19.5 Å². The molecule has 5 heteroatoms. The Morgan fingerprint density at radius 1 is 1.37 bits per heavy atom. The molecular formula is C14H29N3O2. The lowest BCUT2D eigenvalue weighted by Crippen LogP contribution is -2.59. The van der Waals surface area contributed by atoms with Crippen LogP contribution < -0.4 is 16.0 Å². The van der Waals surface area contributed by atoms with E-state index in [2.05, 4.69) is 29.8 Å². The second kappa shape index (κ2) is 7.10. The molecule has 3 N–H and O–H groups in total. The van der Waals surface area contributed by atoms with Crippen LogP contribution in [-0.2, 0) is 4.74 Å². The van der Waals surface area contributed by atoms with Gasteiger partial charge in [0.1, 0.15) is 5.60 Å². The Labute approximate surface area is 116 Å².